The second-order valence-corrected chi connectivity index (χ2v) is 14.3. The number of benzene rings is 4. The third-order valence-electron chi connectivity index (χ3n) is 7.90. The summed E-state index contributed by atoms with van der Waals surface area (Å²) in [7, 11) is -2.67. The first-order valence-electron chi connectivity index (χ1n) is 15.5. The van der Waals surface area contributed by atoms with Crippen LogP contribution in [0.3, 0.4) is 0 Å². The molecule has 1 unspecified atom stereocenters. The summed E-state index contributed by atoms with van der Waals surface area (Å²) >= 11 is 6.08. The number of methoxy groups -OCH3 is 1. The SMILES string of the molecule is COc1cccc(CN(C(=O)CN(c2ccc(C)c(C)c2)S(=O)(=O)c2ccc(Cl)cc2)C(Cc2ccccc2)C(=O)NCC(C)C)c1. The minimum Gasteiger partial charge on any atom is -0.497 e. The Morgan fingerprint density at radius 1 is 0.851 bits per heavy atom. The lowest BCUT2D eigenvalue weighted by molar-refractivity contribution is -0.140. The van der Waals surface area contributed by atoms with Crippen LogP contribution in [0.2, 0.25) is 5.02 Å². The zero-order valence-corrected chi connectivity index (χ0v) is 29.0. The molecule has 0 saturated carbocycles. The molecule has 2 amide bonds. The van der Waals surface area contributed by atoms with Crippen LogP contribution in [0.1, 0.15) is 36.1 Å². The molecule has 0 heterocycles. The predicted molar refractivity (Wildman–Crippen MR) is 187 cm³/mol. The molecule has 1 atom stereocenters. The summed E-state index contributed by atoms with van der Waals surface area (Å²) in [5.41, 5.74) is 3.77. The van der Waals surface area contributed by atoms with Crippen molar-refractivity contribution in [3.05, 3.63) is 124 Å². The fourth-order valence-corrected chi connectivity index (χ4v) is 6.62. The number of amides is 2. The van der Waals surface area contributed by atoms with Gasteiger partial charge in [-0.1, -0.05) is 74.0 Å². The van der Waals surface area contributed by atoms with Gasteiger partial charge in [0.1, 0.15) is 18.3 Å². The fourth-order valence-electron chi connectivity index (χ4n) is 5.09. The summed E-state index contributed by atoms with van der Waals surface area (Å²) < 4.78 is 35.0. The highest BCUT2D eigenvalue weighted by molar-refractivity contribution is 7.92. The van der Waals surface area contributed by atoms with Crippen LogP contribution in [0.15, 0.2) is 102 Å². The number of anilines is 1. The number of sulfonamides is 1. The molecular formula is C37H42ClN3O5S. The second-order valence-electron chi connectivity index (χ2n) is 12.0. The number of nitrogens with one attached hydrogen (secondary N) is 1. The molecule has 0 aromatic heterocycles. The molecule has 10 heteroatoms. The van der Waals surface area contributed by atoms with E-state index in [0.29, 0.717) is 23.0 Å². The van der Waals surface area contributed by atoms with Gasteiger partial charge in [0.25, 0.3) is 10.0 Å². The number of halogens is 1. The van der Waals surface area contributed by atoms with Crippen molar-refractivity contribution in [2.75, 3.05) is 24.5 Å². The summed E-state index contributed by atoms with van der Waals surface area (Å²) in [5, 5.41) is 3.39. The average Bonchev–Trinajstić information content (AvgIpc) is 3.06. The van der Waals surface area contributed by atoms with E-state index in [2.05, 4.69) is 5.32 Å². The molecule has 0 radical (unpaired) electrons. The molecule has 248 valence electrons. The Balaban J connectivity index is 1.82. The highest BCUT2D eigenvalue weighted by atomic mass is 35.5. The maximum atomic E-state index is 14.6. The summed E-state index contributed by atoms with van der Waals surface area (Å²) in [6.45, 7) is 7.74. The molecule has 0 bridgehead atoms. The van der Waals surface area contributed by atoms with Gasteiger partial charge < -0.3 is 15.0 Å². The van der Waals surface area contributed by atoms with Gasteiger partial charge in [0.05, 0.1) is 17.7 Å². The maximum absolute atomic E-state index is 14.6. The van der Waals surface area contributed by atoms with Crippen molar-refractivity contribution < 1.29 is 22.7 Å². The van der Waals surface area contributed by atoms with Gasteiger partial charge in [0.2, 0.25) is 11.8 Å². The van der Waals surface area contributed by atoms with Crippen LogP contribution in [0.25, 0.3) is 0 Å². The smallest absolute Gasteiger partial charge is 0.264 e. The van der Waals surface area contributed by atoms with Crippen LogP contribution in [-0.2, 0) is 32.6 Å². The molecule has 0 aliphatic carbocycles. The highest BCUT2D eigenvalue weighted by Gasteiger charge is 2.35. The number of aryl methyl sites for hydroxylation is 2. The monoisotopic (exact) mass is 675 g/mol. The molecule has 0 saturated heterocycles. The molecule has 0 aliphatic rings. The second kappa shape index (κ2) is 16.0. The van der Waals surface area contributed by atoms with E-state index in [1.807, 2.05) is 76.2 Å². The quantitative estimate of drug-likeness (QED) is 0.163. The number of nitrogens with zero attached hydrogens (tertiary/aromatic N) is 2. The van der Waals surface area contributed by atoms with E-state index < -0.39 is 28.5 Å². The number of rotatable bonds is 14. The highest BCUT2D eigenvalue weighted by Crippen LogP contribution is 2.28. The first-order chi connectivity index (χ1) is 22.4. The Bertz CT molecular complexity index is 1780. The van der Waals surface area contributed by atoms with Gasteiger partial charge in [0.15, 0.2) is 0 Å². The predicted octanol–water partition coefficient (Wildman–Crippen LogP) is 6.57. The van der Waals surface area contributed by atoms with Crippen molar-refractivity contribution in [2.24, 2.45) is 5.92 Å². The van der Waals surface area contributed by atoms with Gasteiger partial charge in [-0.2, -0.15) is 0 Å². The van der Waals surface area contributed by atoms with Crippen LogP contribution in [0.5, 0.6) is 5.75 Å². The van der Waals surface area contributed by atoms with E-state index in [1.54, 1.807) is 31.4 Å². The molecule has 8 nitrogen and oxygen atoms in total. The van der Waals surface area contributed by atoms with Gasteiger partial charge in [-0.3, -0.25) is 13.9 Å². The minimum absolute atomic E-state index is 0.0113. The molecular weight excluding hydrogens is 634 g/mol. The Morgan fingerprint density at radius 2 is 1.53 bits per heavy atom. The summed E-state index contributed by atoms with van der Waals surface area (Å²) in [5.74, 6) is -0.0780. The average molecular weight is 676 g/mol. The van der Waals surface area contributed by atoms with Crippen molar-refractivity contribution in [3.63, 3.8) is 0 Å². The van der Waals surface area contributed by atoms with Gasteiger partial charge in [-0.05, 0) is 90.6 Å². The van der Waals surface area contributed by atoms with Gasteiger partial charge in [-0.15, -0.1) is 0 Å². The first kappa shape index (κ1) is 35.5. The van der Waals surface area contributed by atoms with Crippen molar-refractivity contribution >= 4 is 39.1 Å². The third kappa shape index (κ3) is 9.36. The number of carbonyl (C=O) groups is 2. The first-order valence-corrected chi connectivity index (χ1v) is 17.3. The Labute approximate surface area is 283 Å². The number of hydrogen-bond acceptors (Lipinski definition) is 5. The third-order valence-corrected chi connectivity index (χ3v) is 9.94. The summed E-state index contributed by atoms with van der Waals surface area (Å²) in [4.78, 5) is 30.0. The van der Waals surface area contributed by atoms with Crippen LogP contribution in [0.4, 0.5) is 5.69 Å². The maximum Gasteiger partial charge on any atom is 0.264 e. The van der Waals surface area contributed by atoms with E-state index in [4.69, 9.17) is 16.3 Å². The summed E-state index contributed by atoms with van der Waals surface area (Å²) in [6, 6.07) is 26.9. The van der Waals surface area contributed by atoms with Crippen LogP contribution < -0.4 is 14.4 Å². The molecule has 0 fully saturated rings. The summed E-state index contributed by atoms with van der Waals surface area (Å²) in [6.07, 6.45) is 0.230. The lowest BCUT2D eigenvalue weighted by Crippen LogP contribution is -2.53. The zero-order valence-electron chi connectivity index (χ0n) is 27.4. The zero-order chi connectivity index (χ0) is 34.1. The van der Waals surface area contributed by atoms with Crippen molar-refractivity contribution in [1.82, 2.24) is 10.2 Å². The lowest BCUT2D eigenvalue weighted by atomic mass is 10.0. The van der Waals surface area contributed by atoms with Crippen LogP contribution >= 0.6 is 11.6 Å². The van der Waals surface area contributed by atoms with Crippen molar-refractivity contribution in [1.29, 1.82) is 0 Å². The largest absolute Gasteiger partial charge is 0.497 e. The molecule has 0 aliphatic heterocycles. The van der Waals surface area contributed by atoms with E-state index in [0.717, 1.165) is 26.6 Å². The van der Waals surface area contributed by atoms with E-state index >= 15 is 0 Å². The molecule has 47 heavy (non-hydrogen) atoms. The minimum atomic E-state index is -4.23. The van der Waals surface area contributed by atoms with E-state index in [1.165, 1.54) is 29.2 Å². The number of carbonyl (C=O) groups excluding carboxylic acids is 2. The van der Waals surface area contributed by atoms with E-state index in [-0.39, 0.29) is 29.7 Å². The normalized spacial score (nSPS) is 12.0. The Hall–Kier alpha value is -4.34. The van der Waals surface area contributed by atoms with Crippen molar-refractivity contribution in [2.45, 2.75) is 51.6 Å². The lowest BCUT2D eigenvalue weighted by Gasteiger charge is -2.34. The van der Waals surface area contributed by atoms with Gasteiger partial charge >= 0.3 is 0 Å². The topological polar surface area (TPSA) is 96.0 Å². The van der Waals surface area contributed by atoms with E-state index in [9.17, 15) is 18.0 Å². The molecule has 4 aromatic carbocycles. The van der Waals surface area contributed by atoms with Gasteiger partial charge in [0, 0.05) is 24.5 Å². The number of ether oxygens (including phenoxy) is 1. The molecule has 4 rings (SSSR count). The standard InChI is InChI=1S/C37H42ClN3O5S/c1-26(2)23-39-37(43)35(22-29-10-7-6-8-11-29)40(24-30-12-9-13-33(21-30)46-5)36(42)25-41(32-17-14-27(3)28(4)20-32)47(44,45)34-18-15-31(38)16-19-34/h6-21,26,35H,22-25H2,1-5H3,(H,39,43). The molecule has 1 N–H and O–H groups in total. The Morgan fingerprint density at radius 3 is 2.17 bits per heavy atom. The Kier molecular flexibility index (Phi) is 12.1. The molecule has 4 aromatic rings. The van der Waals surface area contributed by atoms with Crippen molar-refractivity contribution in [3.8, 4) is 5.75 Å². The fraction of sp³-hybridized carbons (Fsp3) is 0.297. The van der Waals surface area contributed by atoms with Gasteiger partial charge in [-0.25, -0.2) is 8.42 Å². The van der Waals surface area contributed by atoms with Crippen LogP contribution in [-0.4, -0.2) is 51.4 Å². The van der Waals surface area contributed by atoms with Crippen LogP contribution in [0, 0.1) is 19.8 Å². The number of hydrogen-bond donors (Lipinski definition) is 1. The molecule has 0 spiro atoms.